The monoisotopic (exact) mass is 207 g/mol. The van der Waals surface area contributed by atoms with Gasteiger partial charge in [-0.3, -0.25) is 0 Å². The zero-order valence-corrected chi connectivity index (χ0v) is 8.94. The average Bonchev–Trinajstić information content (AvgIpc) is 2.18. The van der Waals surface area contributed by atoms with Crippen LogP contribution in [-0.4, -0.2) is 23.7 Å². The summed E-state index contributed by atoms with van der Waals surface area (Å²) in [7, 11) is 0. The number of nitrogens with one attached hydrogen (secondary N) is 1. The molecule has 1 saturated carbocycles. The van der Waals surface area contributed by atoms with E-state index in [1.807, 2.05) is 19.1 Å². The van der Waals surface area contributed by atoms with Gasteiger partial charge in [-0.15, -0.1) is 0 Å². The van der Waals surface area contributed by atoms with Crippen molar-refractivity contribution in [3.8, 4) is 0 Å². The molecule has 1 fully saturated rings. The van der Waals surface area contributed by atoms with Gasteiger partial charge in [0, 0.05) is 18.8 Å². The molecule has 4 nitrogen and oxygen atoms in total. The number of aromatic nitrogens is 1. The van der Waals surface area contributed by atoms with Gasteiger partial charge in [-0.05, 0) is 31.9 Å². The lowest BCUT2D eigenvalue weighted by Crippen LogP contribution is -2.41. The molecule has 0 saturated heterocycles. The number of anilines is 2. The second-order valence-electron chi connectivity index (χ2n) is 3.83. The third-order valence-corrected chi connectivity index (χ3v) is 2.68. The van der Waals surface area contributed by atoms with Crippen LogP contribution >= 0.6 is 0 Å². The summed E-state index contributed by atoms with van der Waals surface area (Å²) in [5.74, 6) is 0.789. The maximum absolute atomic E-state index is 5.78. The van der Waals surface area contributed by atoms with Crippen LogP contribution < -0.4 is 11.1 Å². The first-order valence-electron chi connectivity index (χ1n) is 5.38. The maximum Gasteiger partial charge on any atom is 0.149 e. The minimum atomic E-state index is 0.414. The fourth-order valence-corrected chi connectivity index (χ4v) is 1.79. The molecule has 0 unspecified atom stereocenters. The van der Waals surface area contributed by atoms with E-state index in [2.05, 4.69) is 10.3 Å². The molecule has 1 aromatic rings. The van der Waals surface area contributed by atoms with Gasteiger partial charge in [-0.1, -0.05) is 0 Å². The molecular formula is C11H17N3O. The van der Waals surface area contributed by atoms with Gasteiger partial charge in [0.15, 0.2) is 0 Å². The number of hydrogen-bond acceptors (Lipinski definition) is 4. The highest BCUT2D eigenvalue weighted by molar-refractivity contribution is 5.60. The minimum absolute atomic E-state index is 0.414. The first-order chi connectivity index (χ1) is 7.29. The summed E-state index contributed by atoms with van der Waals surface area (Å²) in [5, 5.41) is 3.32. The highest BCUT2D eigenvalue weighted by Gasteiger charge is 2.29. The molecule has 1 aromatic heterocycles. The minimum Gasteiger partial charge on any atom is -0.396 e. The number of nitrogen functional groups attached to an aromatic ring is 1. The normalized spacial score (nSPS) is 24.6. The van der Waals surface area contributed by atoms with Crippen LogP contribution in [0.25, 0.3) is 0 Å². The van der Waals surface area contributed by atoms with Gasteiger partial charge in [0.25, 0.3) is 0 Å². The Hall–Kier alpha value is -1.29. The van der Waals surface area contributed by atoms with Crippen molar-refractivity contribution in [2.24, 2.45) is 0 Å². The molecule has 0 spiro atoms. The van der Waals surface area contributed by atoms with Crippen LogP contribution in [0.15, 0.2) is 18.3 Å². The Morgan fingerprint density at radius 1 is 1.60 bits per heavy atom. The van der Waals surface area contributed by atoms with E-state index in [0.29, 0.717) is 17.8 Å². The molecule has 0 atom stereocenters. The summed E-state index contributed by atoms with van der Waals surface area (Å²) in [6.07, 6.45) is 4.25. The second-order valence-corrected chi connectivity index (χ2v) is 3.83. The Kier molecular flexibility index (Phi) is 3.06. The largest absolute Gasteiger partial charge is 0.396 e. The quantitative estimate of drug-likeness (QED) is 0.788. The van der Waals surface area contributed by atoms with Gasteiger partial charge in [0.2, 0.25) is 0 Å². The van der Waals surface area contributed by atoms with Gasteiger partial charge in [-0.2, -0.15) is 0 Å². The maximum atomic E-state index is 5.78. The first kappa shape index (κ1) is 10.2. The van der Waals surface area contributed by atoms with Gasteiger partial charge in [0.05, 0.1) is 11.8 Å². The molecule has 3 N–H and O–H groups in total. The number of hydrogen-bond donors (Lipinski definition) is 2. The van der Waals surface area contributed by atoms with Crippen LogP contribution in [0.5, 0.6) is 0 Å². The average molecular weight is 207 g/mol. The van der Waals surface area contributed by atoms with Crippen LogP contribution in [-0.2, 0) is 4.74 Å². The summed E-state index contributed by atoms with van der Waals surface area (Å²) < 4.78 is 5.48. The number of ether oxygens (including phenoxy) is 1. The van der Waals surface area contributed by atoms with E-state index in [9.17, 15) is 0 Å². The van der Waals surface area contributed by atoms with E-state index < -0.39 is 0 Å². The molecule has 0 bridgehead atoms. The van der Waals surface area contributed by atoms with Crippen molar-refractivity contribution in [1.82, 2.24) is 4.98 Å². The Morgan fingerprint density at radius 2 is 2.40 bits per heavy atom. The smallest absolute Gasteiger partial charge is 0.149 e. The van der Waals surface area contributed by atoms with Crippen LogP contribution in [0.3, 0.4) is 0 Å². The lowest BCUT2D eigenvalue weighted by atomic mass is 9.89. The van der Waals surface area contributed by atoms with Crippen molar-refractivity contribution < 1.29 is 4.74 Å². The zero-order chi connectivity index (χ0) is 10.7. The van der Waals surface area contributed by atoms with Crippen molar-refractivity contribution in [3.05, 3.63) is 18.3 Å². The number of nitrogens with two attached hydrogens (primary N) is 1. The third-order valence-electron chi connectivity index (χ3n) is 2.68. The van der Waals surface area contributed by atoms with Crippen molar-refractivity contribution in [2.45, 2.75) is 31.9 Å². The molecule has 1 aliphatic carbocycles. The molecular weight excluding hydrogens is 190 g/mol. The van der Waals surface area contributed by atoms with Gasteiger partial charge < -0.3 is 15.8 Å². The fraction of sp³-hybridized carbons (Fsp3) is 0.545. The van der Waals surface area contributed by atoms with Crippen molar-refractivity contribution >= 4 is 11.5 Å². The summed E-state index contributed by atoms with van der Waals surface area (Å²) in [4.78, 5) is 4.19. The molecule has 4 heteroatoms. The van der Waals surface area contributed by atoms with Gasteiger partial charge >= 0.3 is 0 Å². The van der Waals surface area contributed by atoms with Crippen LogP contribution in [0.2, 0.25) is 0 Å². The van der Waals surface area contributed by atoms with Crippen molar-refractivity contribution in [1.29, 1.82) is 0 Å². The van der Waals surface area contributed by atoms with Crippen molar-refractivity contribution in [2.75, 3.05) is 17.7 Å². The zero-order valence-electron chi connectivity index (χ0n) is 8.94. The Labute approximate surface area is 89.8 Å². The summed E-state index contributed by atoms with van der Waals surface area (Å²) in [6, 6.07) is 4.15. The Morgan fingerprint density at radius 3 is 3.07 bits per heavy atom. The molecule has 1 heterocycles. The fourth-order valence-electron chi connectivity index (χ4n) is 1.79. The summed E-state index contributed by atoms with van der Waals surface area (Å²) in [6.45, 7) is 2.82. The second kappa shape index (κ2) is 4.49. The van der Waals surface area contributed by atoms with E-state index in [1.165, 1.54) is 0 Å². The SMILES string of the molecule is CCOC1CC(Nc2ncccc2N)C1. The molecule has 2 rings (SSSR count). The molecule has 0 aromatic carbocycles. The molecule has 0 amide bonds. The van der Waals surface area contributed by atoms with Crippen molar-refractivity contribution in [3.63, 3.8) is 0 Å². The highest BCUT2D eigenvalue weighted by Crippen LogP contribution is 2.27. The third kappa shape index (κ3) is 2.39. The van der Waals surface area contributed by atoms with E-state index in [1.54, 1.807) is 6.20 Å². The van der Waals surface area contributed by atoms with E-state index in [-0.39, 0.29) is 0 Å². The number of pyridine rings is 1. The molecule has 15 heavy (non-hydrogen) atoms. The van der Waals surface area contributed by atoms with E-state index >= 15 is 0 Å². The molecule has 0 radical (unpaired) electrons. The summed E-state index contributed by atoms with van der Waals surface area (Å²) in [5.41, 5.74) is 6.49. The Bertz CT molecular complexity index is 323. The Balaban J connectivity index is 1.82. The topological polar surface area (TPSA) is 60.2 Å². The number of nitrogens with zero attached hydrogens (tertiary/aromatic N) is 1. The van der Waals surface area contributed by atoms with Gasteiger partial charge in [-0.25, -0.2) is 4.98 Å². The van der Waals surface area contributed by atoms with Crippen LogP contribution in [0.1, 0.15) is 19.8 Å². The lowest BCUT2D eigenvalue weighted by Gasteiger charge is -2.35. The lowest BCUT2D eigenvalue weighted by molar-refractivity contribution is 0.00294. The molecule has 82 valence electrons. The molecule has 1 aliphatic rings. The van der Waals surface area contributed by atoms with E-state index in [0.717, 1.165) is 25.3 Å². The first-order valence-corrected chi connectivity index (χ1v) is 5.38. The summed E-state index contributed by atoms with van der Waals surface area (Å²) >= 11 is 0. The predicted octanol–water partition coefficient (Wildman–Crippen LogP) is 1.64. The highest BCUT2D eigenvalue weighted by atomic mass is 16.5. The van der Waals surface area contributed by atoms with E-state index in [4.69, 9.17) is 10.5 Å². The predicted molar refractivity (Wildman–Crippen MR) is 60.7 cm³/mol. The van der Waals surface area contributed by atoms with Gasteiger partial charge in [0.1, 0.15) is 5.82 Å². The van der Waals surface area contributed by atoms with Crippen LogP contribution in [0.4, 0.5) is 11.5 Å². The number of rotatable bonds is 4. The van der Waals surface area contributed by atoms with Crippen LogP contribution in [0, 0.1) is 0 Å². The molecule has 0 aliphatic heterocycles. The standard InChI is InChI=1S/C11H17N3O/c1-2-15-9-6-8(7-9)14-11-10(12)4-3-5-13-11/h3-5,8-9H,2,6-7,12H2,1H3,(H,13,14).